The standard InChI is InChI=1S/C16H13ClN2O2/c17-13-5-7-14(8-6-13)21-10-9-19-16(20)15-4-2-1-3-12(15)11-18-19/h1-8,11H,9-10H2. The Balaban J connectivity index is 1.72. The first-order chi connectivity index (χ1) is 10.2. The van der Waals surface area contributed by atoms with E-state index in [-0.39, 0.29) is 5.56 Å². The molecule has 0 N–H and O–H groups in total. The van der Waals surface area contributed by atoms with Crippen LogP contribution < -0.4 is 10.3 Å². The second-order valence-corrected chi connectivity index (χ2v) is 5.00. The second kappa shape index (κ2) is 5.97. The van der Waals surface area contributed by atoms with Crippen LogP contribution in [0.15, 0.2) is 59.5 Å². The normalized spacial score (nSPS) is 10.7. The van der Waals surface area contributed by atoms with Crippen molar-refractivity contribution in [3.05, 3.63) is 70.1 Å². The Hall–Kier alpha value is -2.33. The molecule has 0 saturated heterocycles. The summed E-state index contributed by atoms with van der Waals surface area (Å²) in [7, 11) is 0. The molecular weight excluding hydrogens is 288 g/mol. The summed E-state index contributed by atoms with van der Waals surface area (Å²) >= 11 is 5.81. The minimum Gasteiger partial charge on any atom is -0.492 e. The Morgan fingerprint density at radius 2 is 1.86 bits per heavy atom. The molecule has 0 aliphatic heterocycles. The highest BCUT2D eigenvalue weighted by molar-refractivity contribution is 6.30. The molecule has 3 rings (SSSR count). The van der Waals surface area contributed by atoms with Crippen LogP contribution in [0.1, 0.15) is 0 Å². The molecule has 0 saturated carbocycles. The molecule has 0 bridgehead atoms. The molecular formula is C16H13ClN2O2. The summed E-state index contributed by atoms with van der Waals surface area (Å²) in [5.41, 5.74) is -0.104. The van der Waals surface area contributed by atoms with E-state index in [9.17, 15) is 4.79 Å². The van der Waals surface area contributed by atoms with Crippen LogP contribution in [-0.4, -0.2) is 16.4 Å². The molecule has 1 aromatic heterocycles. The van der Waals surface area contributed by atoms with Gasteiger partial charge >= 0.3 is 0 Å². The molecule has 106 valence electrons. The molecule has 4 nitrogen and oxygen atoms in total. The van der Waals surface area contributed by atoms with Crippen molar-refractivity contribution in [1.82, 2.24) is 9.78 Å². The summed E-state index contributed by atoms with van der Waals surface area (Å²) in [6.45, 7) is 0.763. The Kier molecular flexibility index (Phi) is 3.88. The highest BCUT2D eigenvalue weighted by Crippen LogP contribution is 2.15. The van der Waals surface area contributed by atoms with Gasteiger partial charge in [0.1, 0.15) is 12.4 Å². The predicted octanol–water partition coefficient (Wildman–Crippen LogP) is 3.13. The number of halogens is 1. The van der Waals surface area contributed by atoms with Crippen LogP contribution in [0, 0.1) is 0 Å². The van der Waals surface area contributed by atoms with Gasteiger partial charge in [0.25, 0.3) is 5.56 Å². The van der Waals surface area contributed by atoms with Gasteiger partial charge in [0.15, 0.2) is 0 Å². The van der Waals surface area contributed by atoms with E-state index >= 15 is 0 Å². The molecule has 0 fully saturated rings. The number of ether oxygens (including phenoxy) is 1. The number of rotatable bonds is 4. The van der Waals surface area contributed by atoms with E-state index in [0.717, 1.165) is 5.39 Å². The Labute approximate surface area is 126 Å². The van der Waals surface area contributed by atoms with Crippen LogP contribution in [0.25, 0.3) is 10.8 Å². The average molecular weight is 301 g/mol. The number of aromatic nitrogens is 2. The fraction of sp³-hybridized carbons (Fsp3) is 0.125. The van der Waals surface area contributed by atoms with Crippen molar-refractivity contribution in [2.24, 2.45) is 0 Å². The van der Waals surface area contributed by atoms with Crippen LogP contribution in [0.5, 0.6) is 5.75 Å². The van der Waals surface area contributed by atoms with Gasteiger partial charge in [-0.3, -0.25) is 4.79 Å². The van der Waals surface area contributed by atoms with E-state index in [1.807, 2.05) is 18.2 Å². The molecule has 0 aliphatic rings. The molecule has 2 aromatic carbocycles. The van der Waals surface area contributed by atoms with Crippen LogP contribution in [0.3, 0.4) is 0 Å². The quantitative estimate of drug-likeness (QED) is 0.743. The number of hydrogen-bond acceptors (Lipinski definition) is 3. The van der Waals surface area contributed by atoms with Gasteiger partial charge in [0, 0.05) is 10.4 Å². The third-order valence-corrected chi connectivity index (χ3v) is 3.40. The zero-order valence-corrected chi connectivity index (χ0v) is 12.0. The molecule has 0 aliphatic carbocycles. The minimum absolute atomic E-state index is 0.104. The zero-order chi connectivity index (χ0) is 14.7. The highest BCUT2D eigenvalue weighted by atomic mass is 35.5. The Morgan fingerprint density at radius 1 is 1.10 bits per heavy atom. The summed E-state index contributed by atoms with van der Waals surface area (Å²) in [6.07, 6.45) is 1.69. The SMILES string of the molecule is O=c1c2ccccc2cnn1CCOc1ccc(Cl)cc1. The molecule has 1 heterocycles. The van der Waals surface area contributed by atoms with Crippen molar-refractivity contribution in [1.29, 1.82) is 0 Å². The first-order valence-corrected chi connectivity index (χ1v) is 6.95. The number of fused-ring (bicyclic) bond motifs is 1. The van der Waals surface area contributed by atoms with E-state index < -0.39 is 0 Å². The summed E-state index contributed by atoms with van der Waals surface area (Å²) in [5.74, 6) is 0.716. The van der Waals surface area contributed by atoms with Gasteiger partial charge in [0.2, 0.25) is 0 Å². The molecule has 0 amide bonds. The lowest BCUT2D eigenvalue weighted by Gasteiger charge is -2.08. The lowest BCUT2D eigenvalue weighted by Crippen LogP contribution is -2.25. The summed E-state index contributed by atoms with van der Waals surface area (Å²) in [5, 5.41) is 6.33. The maximum Gasteiger partial charge on any atom is 0.274 e. The second-order valence-electron chi connectivity index (χ2n) is 4.56. The third-order valence-electron chi connectivity index (χ3n) is 3.15. The summed E-state index contributed by atoms with van der Waals surface area (Å²) < 4.78 is 6.99. The number of benzene rings is 2. The maximum absolute atomic E-state index is 12.2. The lowest BCUT2D eigenvalue weighted by atomic mass is 10.2. The van der Waals surface area contributed by atoms with E-state index in [0.29, 0.717) is 29.3 Å². The van der Waals surface area contributed by atoms with Crippen LogP contribution in [-0.2, 0) is 6.54 Å². The van der Waals surface area contributed by atoms with E-state index in [1.165, 1.54) is 4.68 Å². The fourth-order valence-electron chi connectivity index (χ4n) is 2.07. The third kappa shape index (κ3) is 3.06. The van der Waals surface area contributed by atoms with Crippen molar-refractivity contribution in [3.63, 3.8) is 0 Å². The van der Waals surface area contributed by atoms with Crippen molar-refractivity contribution < 1.29 is 4.74 Å². The van der Waals surface area contributed by atoms with Gasteiger partial charge in [-0.15, -0.1) is 0 Å². The Bertz CT molecular complexity index is 812. The predicted molar refractivity (Wildman–Crippen MR) is 83.0 cm³/mol. The van der Waals surface area contributed by atoms with Crippen molar-refractivity contribution in [2.45, 2.75) is 6.54 Å². The van der Waals surface area contributed by atoms with E-state index in [4.69, 9.17) is 16.3 Å². The van der Waals surface area contributed by atoms with Gasteiger partial charge in [-0.1, -0.05) is 29.8 Å². The molecule has 21 heavy (non-hydrogen) atoms. The van der Waals surface area contributed by atoms with Crippen molar-refractivity contribution >= 4 is 22.4 Å². The summed E-state index contributed by atoms with van der Waals surface area (Å²) in [4.78, 5) is 12.2. The van der Waals surface area contributed by atoms with Gasteiger partial charge in [-0.25, -0.2) is 4.68 Å². The van der Waals surface area contributed by atoms with Crippen LogP contribution in [0.2, 0.25) is 5.02 Å². The van der Waals surface area contributed by atoms with Gasteiger partial charge in [-0.2, -0.15) is 5.10 Å². The zero-order valence-electron chi connectivity index (χ0n) is 11.2. The average Bonchev–Trinajstić information content (AvgIpc) is 2.52. The van der Waals surface area contributed by atoms with Gasteiger partial charge in [0.05, 0.1) is 18.1 Å². The molecule has 0 atom stereocenters. The van der Waals surface area contributed by atoms with Crippen LogP contribution >= 0.6 is 11.6 Å². The van der Waals surface area contributed by atoms with E-state index in [2.05, 4.69) is 5.10 Å². The number of hydrogen-bond donors (Lipinski definition) is 0. The first kappa shape index (κ1) is 13.6. The van der Waals surface area contributed by atoms with Crippen molar-refractivity contribution in [3.8, 4) is 5.75 Å². The monoisotopic (exact) mass is 300 g/mol. The largest absolute Gasteiger partial charge is 0.492 e. The molecule has 0 unspecified atom stereocenters. The smallest absolute Gasteiger partial charge is 0.274 e. The highest BCUT2D eigenvalue weighted by Gasteiger charge is 2.03. The summed E-state index contributed by atoms with van der Waals surface area (Å²) in [6, 6.07) is 14.5. The van der Waals surface area contributed by atoms with Crippen molar-refractivity contribution in [2.75, 3.05) is 6.61 Å². The lowest BCUT2D eigenvalue weighted by molar-refractivity contribution is 0.288. The fourth-order valence-corrected chi connectivity index (χ4v) is 2.19. The first-order valence-electron chi connectivity index (χ1n) is 6.57. The molecule has 3 aromatic rings. The van der Waals surface area contributed by atoms with E-state index in [1.54, 1.807) is 36.5 Å². The molecule has 0 radical (unpaired) electrons. The topological polar surface area (TPSA) is 44.1 Å². The number of nitrogens with zero attached hydrogens (tertiary/aromatic N) is 2. The maximum atomic E-state index is 12.2. The van der Waals surface area contributed by atoms with Gasteiger partial charge < -0.3 is 4.74 Å². The molecule has 5 heteroatoms. The Morgan fingerprint density at radius 3 is 2.67 bits per heavy atom. The van der Waals surface area contributed by atoms with Crippen LogP contribution in [0.4, 0.5) is 0 Å². The molecule has 0 spiro atoms. The van der Waals surface area contributed by atoms with Gasteiger partial charge in [-0.05, 0) is 30.3 Å². The minimum atomic E-state index is -0.104.